The van der Waals surface area contributed by atoms with E-state index in [0.29, 0.717) is 55.9 Å². The number of anilines is 2. The van der Waals surface area contributed by atoms with E-state index in [4.69, 9.17) is 4.74 Å². The molecule has 0 radical (unpaired) electrons. The number of carbonyl (C=O) groups excluding carboxylic acids is 2. The minimum Gasteiger partial charge on any atom is -0.444 e. The fourth-order valence-corrected chi connectivity index (χ4v) is 6.17. The first-order valence-corrected chi connectivity index (χ1v) is 15.3. The molecule has 4 heterocycles. The largest absolute Gasteiger partial charge is 0.444 e. The molecule has 2 aliphatic heterocycles. The van der Waals surface area contributed by atoms with Crippen molar-refractivity contribution in [1.82, 2.24) is 24.8 Å². The van der Waals surface area contributed by atoms with Gasteiger partial charge in [0.15, 0.2) is 5.13 Å². The van der Waals surface area contributed by atoms with E-state index >= 15 is 4.39 Å². The van der Waals surface area contributed by atoms with Gasteiger partial charge in [-0.3, -0.25) is 4.79 Å². The number of carbonyl (C=O) groups is 2. The second-order valence-corrected chi connectivity index (χ2v) is 13.2. The van der Waals surface area contributed by atoms with E-state index in [1.54, 1.807) is 40.0 Å². The van der Waals surface area contributed by atoms with Crippen molar-refractivity contribution in [3.8, 4) is 0 Å². The van der Waals surface area contributed by atoms with Gasteiger partial charge in [-0.05, 0) is 45.9 Å². The SMILES string of the molecule is CSc1cnc(NCCCNc2nc3cc(F)c(C(=O)N4CCC5(CN(C(=O)OC(C)(C)C)C5)C4)cc3s2)nc1. The Hall–Kier alpha value is -3.19. The van der Waals surface area contributed by atoms with Crippen molar-refractivity contribution in [3.05, 3.63) is 35.9 Å². The Morgan fingerprint density at radius 2 is 1.82 bits per heavy atom. The molecule has 5 rings (SSSR count). The number of hydrogen-bond donors (Lipinski definition) is 2. The van der Waals surface area contributed by atoms with Gasteiger partial charge in [0.25, 0.3) is 5.91 Å². The van der Waals surface area contributed by atoms with Gasteiger partial charge in [-0.2, -0.15) is 0 Å². The zero-order valence-electron chi connectivity index (χ0n) is 23.1. The van der Waals surface area contributed by atoms with Gasteiger partial charge in [0, 0.05) is 68.0 Å². The summed E-state index contributed by atoms with van der Waals surface area (Å²) in [5, 5.41) is 7.14. The molecular weight excluding hydrogens is 553 g/mol. The Bertz CT molecular complexity index is 1390. The van der Waals surface area contributed by atoms with Gasteiger partial charge < -0.3 is 25.2 Å². The highest BCUT2D eigenvalue weighted by Gasteiger charge is 2.51. The van der Waals surface area contributed by atoms with Crippen LogP contribution in [0.25, 0.3) is 10.2 Å². The molecular formula is C27H34FN7O3S2. The Morgan fingerprint density at radius 1 is 1.12 bits per heavy atom. The molecule has 1 spiro atoms. The Balaban J connectivity index is 1.13. The molecule has 2 amide bonds. The highest BCUT2D eigenvalue weighted by Crippen LogP contribution is 2.41. The van der Waals surface area contributed by atoms with E-state index in [1.807, 2.05) is 27.0 Å². The van der Waals surface area contributed by atoms with Crippen LogP contribution in [0.15, 0.2) is 29.4 Å². The molecule has 0 saturated carbocycles. The third-order valence-electron chi connectivity index (χ3n) is 6.91. The summed E-state index contributed by atoms with van der Waals surface area (Å²) in [6.45, 7) is 9.00. The molecule has 3 aromatic rings. The third kappa shape index (κ3) is 6.41. The van der Waals surface area contributed by atoms with E-state index in [-0.39, 0.29) is 23.0 Å². The molecule has 2 fully saturated rings. The smallest absolute Gasteiger partial charge is 0.410 e. The van der Waals surface area contributed by atoms with Gasteiger partial charge in [0.1, 0.15) is 11.4 Å². The number of nitrogens with zero attached hydrogens (tertiary/aromatic N) is 5. The molecule has 0 atom stereocenters. The van der Waals surface area contributed by atoms with Gasteiger partial charge in [0.05, 0.1) is 15.8 Å². The fourth-order valence-electron chi connectivity index (χ4n) is 4.94. The molecule has 0 unspecified atom stereocenters. The van der Waals surface area contributed by atoms with Gasteiger partial charge in [0.2, 0.25) is 5.95 Å². The Kier molecular flexibility index (Phi) is 8.05. The minimum absolute atomic E-state index is 0.0553. The summed E-state index contributed by atoms with van der Waals surface area (Å²) < 4.78 is 21.2. The van der Waals surface area contributed by atoms with Crippen molar-refractivity contribution in [3.63, 3.8) is 0 Å². The van der Waals surface area contributed by atoms with Crippen LogP contribution in [0.5, 0.6) is 0 Å². The van der Waals surface area contributed by atoms with Crippen LogP contribution in [0.1, 0.15) is 44.0 Å². The number of nitrogens with one attached hydrogen (secondary N) is 2. The molecule has 2 N–H and O–H groups in total. The molecule has 13 heteroatoms. The number of likely N-dealkylation sites (tertiary alicyclic amines) is 2. The van der Waals surface area contributed by atoms with Gasteiger partial charge in [-0.15, -0.1) is 11.8 Å². The second-order valence-electron chi connectivity index (χ2n) is 11.3. The number of rotatable bonds is 8. The zero-order valence-corrected chi connectivity index (χ0v) is 24.8. The predicted molar refractivity (Wildman–Crippen MR) is 156 cm³/mol. The van der Waals surface area contributed by atoms with E-state index in [0.717, 1.165) is 22.4 Å². The monoisotopic (exact) mass is 587 g/mol. The van der Waals surface area contributed by atoms with Crippen LogP contribution in [0, 0.1) is 11.2 Å². The topological polar surface area (TPSA) is 113 Å². The van der Waals surface area contributed by atoms with E-state index < -0.39 is 11.4 Å². The van der Waals surface area contributed by atoms with Gasteiger partial charge >= 0.3 is 6.09 Å². The van der Waals surface area contributed by atoms with Crippen molar-refractivity contribution in [2.75, 3.05) is 56.2 Å². The zero-order chi connectivity index (χ0) is 28.5. The summed E-state index contributed by atoms with van der Waals surface area (Å²) in [5.74, 6) is -0.309. The number of ether oxygens (including phenoxy) is 1. The molecule has 10 nitrogen and oxygen atoms in total. The highest BCUT2D eigenvalue weighted by atomic mass is 32.2. The van der Waals surface area contributed by atoms with Gasteiger partial charge in [-0.25, -0.2) is 24.1 Å². The Labute approximate surface area is 241 Å². The van der Waals surface area contributed by atoms with Crippen LogP contribution < -0.4 is 10.6 Å². The lowest BCUT2D eigenvalue weighted by atomic mass is 9.79. The lowest BCUT2D eigenvalue weighted by molar-refractivity contribution is -0.0297. The van der Waals surface area contributed by atoms with Crippen LogP contribution in [-0.4, -0.2) is 87.9 Å². The summed E-state index contributed by atoms with van der Waals surface area (Å²) in [6.07, 6.45) is 6.80. The molecule has 40 heavy (non-hydrogen) atoms. The summed E-state index contributed by atoms with van der Waals surface area (Å²) in [5.41, 5.74) is -0.118. The molecule has 214 valence electrons. The Morgan fingerprint density at radius 3 is 2.52 bits per heavy atom. The number of amides is 2. The normalized spacial score (nSPS) is 16.3. The minimum atomic E-state index is -0.573. The molecule has 0 aliphatic carbocycles. The van der Waals surface area contributed by atoms with Crippen LogP contribution in [0.3, 0.4) is 0 Å². The van der Waals surface area contributed by atoms with E-state index in [9.17, 15) is 9.59 Å². The standard InChI is InChI=1S/C27H34FN7O3S2/c1-26(2,3)38-25(37)35-15-27(16-35)6-9-34(14-27)22(36)18-10-21-20(11-19(18)28)33-24(40-21)30-8-5-7-29-23-31-12-17(39-4)13-32-23/h10-13H,5-9,14-16H2,1-4H3,(H,30,33)(H,29,31,32). The fraction of sp³-hybridized carbons (Fsp3) is 0.519. The molecule has 2 aliphatic rings. The summed E-state index contributed by atoms with van der Waals surface area (Å²) in [4.78, 5) is 43.0. The van der Waals surface area contributed by atoms with Crippen molar-refractivity contribution in [2.45, 2.75) is 44.1 Å². The maximum atomic E-state index is 15.0. The molecule has 0 bridgehead atoms. The number of thioether (sulfide) groups is 1. The first-order valence-electron chi connectivity index (χ1n) is 13.3. The van der Waals surface area contributed by atoms with Crippen molar-refractivity contribution in [2.24, 2.45) is 5.41 Å². The average molecular weight is 588 g/mol. The average Bonchev–Trinajstić information content (AvgIpc) is 3.50. The highest BCUT2D eigenvalue weighted by molar-refractivity contribution is 7.98. The molecule has 1 aromatic carbocycles. The lowest BCUT2D eigenvalue weighted by Crippen LogP contribution is -2.60. The number of hydrogen-bond acceptors (Lipinski definition) is 10. The van der Waals surface area contributed by atoms with Crippen molar-refractivity contribution < 1.29 is 18.7 Å². The van der Waals surface area contributed by atoms with Crippen LogP contribution in [-0.2, 0) is 4.74 Å². The van der Waals surface area contributed by atoms with Crippen molar-refractivity contribution in [1.29, 1.82) is 0 Å². The number of fused-ring (bicyclic) bond motifs is 1. The lowest BCUT2D eigenvalue weighted by Gasteiger charge is -2.47. The second kappa shape index (κ2) is 11.4. The first-order chi connectivity index (χ1) is 19.0. The summed E-state index contributed by atoms with van der Waals surface area (Å²) >= 11 is 2.99. The number of aromatic nitrogens is 3. The summed E-state index contributed by atoms with van der Waals surface area (Å²) in [7, 11) is 0. The van der Waals surface area contributed by atoms with Crippen LogP contribution in [0.2, 0.25) is 0 Å². The number of halogens is 1. The quantitative estimate of drug-likeness (QED) is 0.279. The van der Waals surface area contributed by atoms with Crippen LogP contribution >= 0.6 is 23.1 Å². The van der Waals surface area contributed by atoms with Crippen molar-refractivity contribution >= 4 is 56.4 Å². The molecule has 2 saturated heterocycles. The molecule has 2 aromatic heterocycles. The predicted octanol–water partition coefficient (Wildman–Crippen LogP) is 4.94. The summed E-state index contributed by atoms with van der Waals surface area (Å²) in [6, 6.07) is 2.94. The van der Waals surface area contributed by atoms with Gasteiger partial charge in [-0.1, -0.05) is 11.3 Å². The number of thiazole rings is 1. The van der Waals surface area contributed by atoms with E-state index in [1.165, 1.54) is 17.4 Å². The van der Waals surface area contributed by atoms with E-state index in [2.05, 4.69) is 25.6 Å². The first kappa shape index (κ1) is 28.3. The number of benzene rings is 1. The maximum absolute atomic E-state index is 15.0. The maximum Gasteiger partial charge on any atom is 0.410 e. The third-order valence-corrected chi connectivity index (χ3v) is 8.57. The van der Waals surface area contributed by atoms with Crippen LogP contribution in [0.4, 0.5) is 20.3 Å².